The zero-order chi connectivity index (χ0) is 18.8. The van der Waals surface area contributed by atoms with Crippen LogP contribution in [0.15, 0.2) is 42.5 Å². The van der Waals surface area contributed by atoms with Crippen LogP contribution < -0.4 is 4.90 Å². The van der Waals surface area contributed by atoms with E-state index in [1.54, 1.807) is 31.2 Å². The molecular formula is C18H13Cl3N2O2S. The summed E-state index contributed by atoms with van der Waals surface area (Å²) >= 11 is 19.6. The standard InChI is InChI=1S/C18H13Cl3N2O2S/c1-10-16(17(24)25)22-18(26-10)23(14-6-4-12(19)5-7-14)9-11-2-3-13(20)8-15(11)21/h2-8H,9H2,1H3,(H,24,25). The molecule has 0 fully saturated rings. The topological polar surface area (TPSA) is 53.4 Å². The van der Waals surface area contributed by atoms with Crippen LogP contribution in [0.1, 0.15) is 20.9 Å². The highest BCUT2D eigenvalue weighted by atomic mass is 35.5. The Balaban J connectivity index is 2.05. The summed E-state index contributed by atoms with van der Waals surface area (Å²) < 4.78 is 0. The van der Waals surface area contributed by atoms with Crippen LogP contribution in [0.3, 0.4) is 0 Å². The number of aromatic carboxylic acids is 1. The largest absolute Gasteiger partial charge is 0.476 e. The number of hydrogen-bond acceptors (Lipinski definition) is 4. The van der Waals surface area contributed by atoms with Crippen molar-refractivity contribution in [3.8, 4) is 0 Å². The number of rotatable bonds is 5. The van der Waals surface area contributed by atoms with Crippen LogP contribution in [0.2, 0.25) is 15.1 Å². The Morgan fingerprint density at radius 2 is 1.77 bits per heavy atom. The molecule has 26 heavy (non-hydrogen) atoms. The summed E-state index contributed by atoms with van der Waals surface area (Å²) in [4.78, 5) is 18.2. The predicted molar refractivity (Wildman–Crippen MR) is 108 cm³/mol. The van der Waals surface area contributed by atoms with E-state index in [0.717, 1.165) is 11.3 Å². The summed E-state index contributed by atoms with van der Waals surface area (Å²) in [5.41, 5.74) is 1.72. The van der Waals surface area contributed by atoms with E-state index in [0.29, 0.717) is 31.6 Å². The van der Waals surface area contributed by atoms with Crippen LogP contribution in [0, 0.1) is 6.92 Å². The van der Waals surface area contributed by atoms with E-state index in [4.69, 9.17) is 34.8 Å². The summed E-state index contributed by atoms with van der Waals surface area (Å²) in [6.07, 6.45) is 0. The molecule has 0 saturated carbocycles. The third-order valence-electron chi connectivity index (χ3n) is 3.70. The molecule has 0 aliphatic carbocycles. The van der Waals surface area contributed by atoms with Crippen molar-refractivity contribution in [1.82, 2.24) is 4.98 Å². The van der Waals surface area contributed by atoms with Crippen LogP contribution in [0.4, 0.5) is 10.8 Å². The minimum Gasteiger partial charge on any atom is -0.476 e. The number of aryl methyl sites for hydroxylation is 1. The number of aromatic nitrogens is 1. The first kappa shape index (κ1) is 19.0. The van der Waals surface area contributed by atoms with Gasteiger partial charge in [-0.15, -0.1) is 11.3 Å². The number of nitrogens with zero attached hydrogens (tertiary/aromatic N) is 2. The van der Waals surface area contributed by atoms with E-state index >= 15 is 0 Å². The van der Waals surface area contributed by atoms with Gasteiger partial charge in [0.1, 0.15) is 0 Å². The van der Waals surface area contributed by atoms with Gasteiger partial charge in [0.15, 0.2) is 10.8 Å². The molecule has 2 aromatic carbocycles. The molecule has 134 valence electrons. The molecular weight excluding hydrogens is 415 g/mol. The SMILES string of the molecule is Cc1sc(N(Cc2ccc(Cl)cc2Cl)c2ccc(Cl)cc2)nc1C(=O)O. The summed E-state index contributed by atoms with van der Waals surface area (Å²) in [7, 11) is 0. The van der Waals surface area contributed by atoms with E-state index in [2.05, 4.69) is 4.98 Å². The van der Waals surface area contributed by atoms with Gasteiger partial charge in [-0.1, -0.05) is 40.9 Å². The molecule has 1 heterocycles. The molecule has 0 aliphatic rings. The molecule has 4 nitrogen and oxygen atoms in total. The van der Waals surface area contributed by atoms with E-state index in [-0.39, 0.29) is 5.69 Å². The van der Waals surface area contributed by atoms with Crippen molar-refractivity contribution in [1.29, 1.82) is 0 Å². The molecule has 1 N–H and O–H groups in total. The van der Waals surface area contributed by atoms with Gasteiger partial charge < -0.3 is 10.0 Å². The lowest BCUT2D eigenvalue weighted by Gasteiger charge is -2.23. The van der Waals surface area contributed by atoms with E-state index in [1.165, 1.54) is 11.3 Å². The quantitative estimate of drug-likeness (QED) is 0.508. The fraction of sp³-hybridized carbons (Fsp3) is 0.111. The van der Waals surface area contributed by atoms with Crippen molar-refractivity contribution in [3.05, 3.63) is 73.7 Å². The van der Waals surface area contributed by atoms with Gasteiger partial charge in [0.05, 0.1) is 6.54 Å². The predicted octanol–water partition coefficient (Wildman–Crippen LogP) is 6.45. The second-order valence-electron chi connectivity index (χ2n) is 5.50. The van der Waals surface area contributed by atoms with Crippen molar-refractivity contribution in [2.24, 2.45) is 0 Å². The lowest BCUT2D eigenvalue weighted by molar-refractivity contribution is 0.0690. The van der Waals surface area contributed by atoms with Gasteiger partial charge in [-0.05, 0) is 48.9 Å². The Morgan fingerprint density at radius 1 is 1.12 bits per heavy atom. The molecule has 3 rings (SSSR count). The third kappa shape index (κ3) is 4.13. The van der Waals surface area contributed by atoms with Gasteiger partial charge in [-0.3, -0.25) is 0 Å². The summed E-state index contributed by atoms with van der Waals surface area (Å²) in [5.74, 6) is -1.05. The Bertz CT molecular complexity index is 958. The molecule has 0 atom stereocenters. The normalized spacial score (nSPS) is 10.8. The summed E-state index contributed by atoms with van der Waals surface area (Å²) in [6, 6.07) is 12.5. The van der Waals surface area contributed by atoms with E-state index in [9.17, 15) is 9.90 Å². The first-order valence-electron chi connectivity index (χ1n) is 7.53. The average molecular weight is 428 g/mol. The van der Waals surface area contributed by atoms with E-state index < -0.39 is 5.97 Å². The van der Waals surface area contributed by atoms with Gasteiger partial charge in [0.25, 0.3) is 0 Å². The summed E-state index contributed by atoms with van der Waals surface area (Å²) in [6.45, 7) is 2.14. The van der Waals surface area contributed by atoms with Gasteiger partial charge >= 0.3 is 5.97 Å². The highest BCUT2D eigenvalue weighted by Gasteiger charge is 2.20. The fourth-order valence-electron chi connectivity index (χ4n) is 2.41. The molecule has 0 spiro atoms. The lowest BCUT2D eigenvalue weighted by atomic mass is 10.2. The van der Waals surface area contributed by atoms with Crippen LogP contribution >= 0.6 is 46.1 Å². The van der Waals surface area contributed by atoms with E-state index in [1.807, 2.05) is 23.1 Å². The molecule has 0 bridgehead atoms. The number of carbonyl (C=O) groups is 1. The van der Waals surface area contributed by atoms with Crippen molar-refractivity contribution >= 4 is 62.9 Å². The van der Waals surface area contributed by atoms with Gasteiger partial charge in [0, 0.05) is 25.6 Å². The zero-order valence-corrected chi connectivity index (χ0v) is 16.6. The van der Waals surface area contributed by atoms with Crippen molar-refractivity contribution in [3.63, 3.8) is 0 Å². The highest BCUT2D eigenvalue weighted by molar-refractivity contribution is 7.15. The van der Waals surface area contributed by atoms with Crippen LogP contribution in [-0.4, -0.2) is 16.1 Å². The van der Waals surface area contributed by atoms with Crippen molar-refractivity contribution < 1.29 is 9.90 Å². The van der Waals surface area contributed by atoms with Crippen LogP contribution in [0.25, 0.3) is 0 Å². The number of thiazole rings is 1. The highest BCUT2D eigenvalue weighted by Crippen LogP contribution is 2.35. The zero-order valence-electron chi connectivity index (χ0n) is 13.5. The number of anilines is 2. The first-order chi connectivity index (χ1) is 12.3. The van der Waals surface area contributed by atoms with Crippen molar-refractivity contribution in [2.75, 3.05) is 4.90 Å². The Kier molecular flexibility index (Phi) is 5.73. The molecule has 0 amide bonds. The third-order valence-corrected chi connectivity index (χ3v) is 5.53. The van der Waals surface area contributed by atoms with Gasteiger partial charge in [-0.2, -0.15) is 0 Å². The Hall–Kier alpha value is -1.79. The molecule has 0 unspecified atom stereocenters. The minimum absolute atomic E-state index is 0.0474. The molecule has 3 aromatic rings. The fourth-order valence-corrected chi connectivity index (χ4v) is 3.92. The molecule has 0 aliphatic heterocycles. The number of benzene rings is 2. The smallest absolute Gasteiger partial charge is 0.355 e. The minimum atomic E-state index is -1.05. The maximum Gasteiger partial charge on any atom is 0.355 e. The molecule has 8 heteroatoms. The van der Waals surface area contributed by atoms with Crippen molar-refractivity contribution in [2.45, 2.75) is 13.5 Å². The molecule has 0 saturated heterocycles. The second-order valence-corrected chi connectivity index (χ2v) is 7.97. The average Bonchev–Trinajstić information content (AvgIpc) is 2.97. The first-order valence-corrected chi connectivity index (χ1v) is 9.48. The number of carboxylic acid groups (broad SMARTS) is 1. The monoisotopic (exact) mass is 426 g/mol. The number of halogens is 3. The van der Waals surface area contributed by atoms with Gasteiger partial charge in [-0.25, -0.2) is 9.78 Å². The maximum atomic E-state index is 11.4. The van der Waals surface area contributed by atoms with Crippen LogP contribution in [-0.2, 0) is 6.54 Å². The lowest BCUT2D eigenvalue weighted by Crippen LogP contribution is -2.17. The second kappa shape index (κ2) is 7.84. The maximum absolute atomic E-state index is 11.4. The Labute approximate surface area is 169 Å². The molecule has 0 radical (unpaired) electrons. The molecule has 1 aromatic heterocycles. The number of hydrogen-bond donors (Lipinski definition) is 1. The van der Waals surface area contributed by atoms with Crippen LogP contribution in [0.5, 0.6) is 0 Å². The summed E-state index contributed by atoms with van der Waals surface area (Å²) in [5, 5.41) is 11.6. The Morgan fingerprint density at radius 3 is 2.35 bits per heavy atom. The van der Waals surface area contributed by atoms with Gasteiger partial charge in [0.2, 0.25) is 0 Å². The number of carboxylic acids is 1.